The first-order chi connectivity index (χ1) is 13.3. The predicted octanol–water partition coefficient (Wildman–Crippen LogP) is 4.93. The number of pyridine rings is 2. The molecule has 4 aromatic rings. The standard InChI is InChI=1S/C23H16N4/c24-15-21-20(14-22(27-23(21)25)19-10-12-26-13-11-19)18-8-6-17(7-9-18)16-4-2-1-3-5-16/h1-14H,(H2,25,27). The van der Waals surface area contributed by atoms with Crippen molar-refractivity contribution in [1.29, 1.82) is 5.26 Å². The SMILES string of the molecule is N#Cc1c(-c2ccc(-c3ccccc3)cc2)cc(-c2ccncc2)nc1N. The second-order valence-electron chi connectivity index (χ2n) is 6.11. The van der Waals surface area contributed by atoms with Crippen molar-refractivity contribution >= 4 is 5.82 Å². The lowest BCUT2D eigenvalue weighted by Crippen LogP contribution is -1.99. The number of hydrogen-bond acceptors (Lipinski definition) is 4. The van der Waals surface area contributed by atoms with Gasteiger partial charge < -0.3 is 5.73 Å². The molecule has 0 unspecified atom stereocenters. The van der Waals surface area contributed by atoms with Crippen molar-refractivity contribution in [3.8, 4) is 39.6 Å². The summed E-state index contributed by atoms with van der Waals surface area (Å²) >= 11 is 0. The topological polar surface area (TPSA) is 75.6 Å². The molecular formula is C23H16N4. The van der Waals surface area contributed by atoms with Crippen LogP contribution in [0.25, 0.3) is 33.5 Å². The molecule has 0 saturated carbocycles. The molecule has 2 heterocycles. The Morgan fingerprint density at radius 1 is 0.741 bits per heavy atom. The first kappa shape index (κ1) is 16.5. The first-order valence-electron chi connectivity index (χ1n) is 8.53. The molecule has 0 saturated heterocycles. The van der Waals surface area contributed by atoms with Crippen LogP contribution in [0.1, 0.15) is 5.56 Å². The third-order valence-electron chi connectivity index (χ3n) is 4.44. The van der Waals surface area contributed by atoms with E-state index < -0.39 is 0 Å². The number of nitrogens with two attached hydrogens (primary N) is 1. The van der Waals surface area contributed by atoms with Crippen molar-refractivity contribution in [2.45, 2.75) is 0 Å². The van der Waals surface area contributed by atoms with Crippen LogP contribution in [0.5, 0.6) is 0 Å². The minimum Gasteiger partial charge on any atom is -0.383 e. The lowest BCUT2D eigenvalue weighted by atomic mass is 9.96. The number of nitriles is 1. The Kier molecular flexibility index (Phi) is 4.34. The predicted molar refractivity (Wildman–Crippen MR) is 107 cm³/mol. The molecule has 4 nitrogen and oxygen atoms in total. The molecule has 27 heavy (non-hydrogen) atoms. The van der Waals surface area contributed by atoms with E-state index in [-0.39, 0.29) is 5.82 Å². The molecule has 4 heteroatoms. The van der Waals surface area contributed by atoms with Crippen molar-refractivity contribution in [2.75, 3.05) is 5.73 Å². The third kappa shape index (κ3) is 3.26. The van der Waals surface area contributed by atoms with Gasteiger partial charge in [-0.1, -0.05) is 54.6 Å². The van der Waals surface area contributed by atoms with E-state index in [4.69, 9.17) is 5.73 Å². The van der Waals surface area contributed by atoms with Crippen LogP contribution >= 0.6 is 0 Å². The van der Waals surface area contributed by atoms with Gasteiger partial charge in [0, 0.05) is 23.5 Å². The Morgan fingerprint density at radius 2 is 1.37 bits per heavy atom. The highest BCUT2D eigenvalue weighted by atomic mass is 14.8. The molecule has 0 fully saturated rings. The zero-order valence-corrected chi connectivity index (χ0v) is 14.5. The maximum Gasteiger partial charge on any atom is 0.142 e. The molecule has 2 aromatic heterocycles. The highest BCUT2D eigenvalue weighted by Gasteiger charge is 2.13. The van der Waals surface area contributed by atoms with E-state index >= 15 is 0 Å². The molecule has 128 valence electrons. The molecule has 0 spiro atoms. The van der Waals surface area contributed by atoms with Gasteiger partial charge in [0.05, 0.1) is 5.69 Å². The van der Waals surface area contributed by atoms with Crippen LogP contribution in [0.2, 0.25) is 0 Å². The van der Waals surface area contributed by atoms with E-state index in [2.05, 4.69) is 40.3 Å². The largest absolute Gasteiger partial charge is 0.383 e. The fourth-order valence-electron chi connectivity index (χ4n) is 3.05. The summed E-state index contributed by atoms with van der Waals surface area (Å²) in [7, 11) is 0. The fourth-order valence-corrected chi connectivity index (χ4v) is 3.05. The summed E-state index contributed by atoms with van der Waals surface area (Å²) in [6, 6.07) is 26.1. The van der Waals surface area contributed by atoms with Crippen LogP contribution in [0.3, 0.4) is 0 Å². The maximum absolute atomic E-state index is 9.57. The molecule has 4 rings (SSSR count). The Hall–Kier alpha value is -3.97. The third-order valence-corrected chi connectivity index (χ3v) is 4.44. The van der Waals surface area contributed by atoms with E-state index in [0.29, 0.717) is 5.56 Å². The molecule has 2 N–H and O–H groups in total. The number of rotatable bonds is 3. The van der Waals surface area contributed by atoms with Gasteiger partial charge >= 0.3 is 0 Å². The molecule has 0 aliphatic heterocycles. The second kappa shape index (κ2) is 7.11. The van der Waals surface area contributed by atoms with Gasteiger partial charge in [0.15, 0.2) is 0 Å². The Morgan fingerprint density at radius 3 is 2.04 bits per heavy atom. The minimum atomic E-state index is 0.231. The summed E-state index contributed by atoms with van der Waals surface area (Å²) in [4.78, 5) is 8.43. The zero-order valence-electron chi connectivity index (χ0n) is 14.5. The zero-order chi connectivity index (χ0) is 18.6. The number of aromatic nitrogens is 2. The van der Waals surface area contributed by atoms with Crippen LogP contribution in [0, 0.1) is 11.3 Å². The fraction of sp³-hybridized carbons (Fsp3) is 0. The normalized spacial score (nSPS) is 10.3. The minimum absolute atomic E-state index is 0.231. The number of nitrogens with zero attached hydrogens (tertiary/aromatic N) is 3. The quantitative estimate of drug-likeness (QED) is 0.569. The summed E-state index contributed by atoms with van der Waals surface area (Å²) in [6.45, 7) is 0. The molecule has 0 aliphatic carbocycles. The van der Waals surface area contributed by atoms with E-state index in [0.717, 1.165) is 33.5 Å². The van der Waals surface area contributed by atoms with E-state index in [1.165, 1.54) is 0 Å². The molecule has 0 radical (unpaired) electrons. The highest BCUT2D eigenvalue weighted by Crippen LogP contribution is 2.32. The van der Waals surface area contributed by atoms with Gasteiger partial charge in [-0.2, -0.15) is 5.26 Å². The average Bonchev–Trinajstić information content (AvgIpc) is 2.74. The molecule has 0 bridgehead atoms. The van der Waals surface area contributed by atoms with Crippen molar-refractivity contribution in [1.82, 2.24) is 9.97 Å². The van der Waals surface area contributed by atoms with Crippen LogP contribution < -0.4 is 5.73 Å². The smallest absolute Gasteiger partial charge is 0.142 e. The molecule has 0 amide bonds. The summed E-state index contributed by atoms with van der Waals surface area (Å²) in [5.41, 5.74) is 12.1. The van der Waals surface area contributed by atoms with Crippen molar-refractivity contribution in [3.05, 3.63) is 90.8 Å². The number of hydrogen-bond donors (Lipinski definition) is 1. The Bertz CT molecular complexity index is 1110. The van der Waals surface area contributed by atoms with Crippen LogP contribution in [0.15, 0.2) is 85.2 Å². The Balaban J connectivity index is 1.81. The van der Waals surface area contributed by atoms with Gasteiger partial charge in [-0.25, -0.2) is 4.98 Å². The summed E-state index contributed by atoms with van der Waals surface area (Å²) in [5.74, 6) is 0.231. The molecule has 0 aliphatic rings. The molecule has 2 aromatic carbocycles. The molecular weight excluding hydrogens is 332 g/mol. The van der Waals surface area contributed by atoms with Gasteiger partial charge in [0.25, 0.3) is 0 Å². The van der Waals surface area contributed by atoms with Crippen LogP contribution in [-0.2, 0) is 0 Å². The van der Waals surface area contributed by atoms with Crippen molar-refractivity contribution in [3.63, 3.8) is 0 Å². The number of benzene rings is 2. The van der Waals surface area contributed by atoms with Crippen molar-refractivity contribution in [2.24, 2.45) is 0 Å². The van der Waals surface area contributed by atoms with Crippen LogP contribution in [-0.4, -0.2) is 9.97 Å². The summed E-state index contributed by atoms with van der Waals surface area (Å²) in [6.07, 6.45) is 3.42. The van der Waals surface area contributed by atoms with E-state index in [1.807, 2.05) is 48.5 Å². The summed E-state index contributed by atoms with van der Waals surface area (Å²) < 4.78 is 0. The monoisotopic (exact) mass is 348 g/mol. The summed E-state index contributed by atoms with van der Waals surface area (Å²) in [5, 5.41) is 9.57. The second-order valence-corrected chi connectivity index (χ2v) is 6.11. The van der Waals surface area contributed by atoms with E-state index in [1.54, 1.807) is 12.4 Å². The average molecular weight is 348 g/mol. The number of nitrogen functional groups attached to an aromatic ring is 1. The molecule has 0 atom stereocenters. The number of anilines is 1. The van der Waals surface area contributed by atoms with Gasteiger partial charge in [0.2, 0.25) is 0 Å². The maximum atomic E-state index is 9.57. The van der Waals surface area contributed by atoms with Crippen molar-refractivity contribution < 1.29 is 0 Å². The van der Waals surface area contributed by atoms with Gasteiger partial charge in [-0.15, -0.1) is 0 Å². The highest BCUT2D eigenvalue weighted by molar-refractivity contribution is 5.81. The van der Waals surface area contributed by atoms with Crippen LogP contribution in [0.4, 0.5) is 5.82 Å². The van der Waals surface area contributed by atoms with Gasteiger partial charge in [0.1, 0.15) is 17.5 Å². The van der Waals surface area contributed by atoms with Gasteiger partial charge in [-0.3, -0.25) is 4.98 Å². The lowest BCUT2D eigenvalue weighted by Gasteiger charge is -2.11. The van der Waals surface area contributed by atoms with Gasteiger partial charge in [-0.05, 0) is 34.9 Å². The first-order valence-corrected chi connectivity index (χ1v) is 8.53. The Labute approximate surface area is 157 Å². The lowest BCUT2D eigenvalue weighted by molar-refractivity contribution is 1.28. The van der Waals surface area contributed by atoms with E-state index in [9.17, 15) is 5.26 Å².